The SMILES string of the molecule is CC1CCC(CN)(OCCC2CCCCC2)CC1. The molecular weight excluding hydrogens is 222 g/mol. The minimum absolute atomic E-state index is 0.0289. The van der Waals surface area contributed by atoms with Gasteiger partial charge in [-0.05, 0) is 43.9 Å². The van der Waals surface area contributed by atoms with Crippen LogP contribution in [-0.2, 0) is 4.74 Å². The highest BCUT2D eigenvalue weighted by Crippen LogP contribution is 2.35. The summed E-state index contributed by atoms with van der Waals surface area (Å²) in [6.07, 6.45) is 13.4. The van der Waals surface area contributed by atoms with Gasteiger partial charge in [-0.1, -0.05) is 39.0 Å². The summed E-state index contributed by atoms with van der Waals surface area (Å²) in [5.74, 6) is 1.79. The molecule has 0 spiro atoms. The van der Waals surface area contributed by atoms with Crippen molar-refractivity contribution in [1.29, 1.82) is 0 Å². The minimum Gasteiger partial charge on any atom is -0.374 e. The van der Waals surface area contributed by atoms with Crippen molar-refractivity contribution in [3.05, 3.63) is 0 Å². The molecule has 2 heteroatoms. The van der Waals surface area contributed by atoms with Crippen LogP contribution in [0.2, 0.25) is 0 Å². The van der Waals surface area contributed by atoms with Gasteiger partial charge in [0.15, 0.2) is 0 Å². The van der Waals surface area contributed by atoms with Gasteiger partial charge in [0.2, 0.25) is 0 Å². The van der Waals surface area contributed by atoms with E-state index < -0.39 is 0 Å². The fourth-order valence-electron chi connectivity index (χ4n) is 3.61. The van der Waals surface area contributed by atoms with Gasteiger partial charge in [-0.3, -0.25) is 0 Å². The van der Waals surface area contributed by atoms with Crippen LogP contribution in [-0.4, -0.2) is 18.8 Å². The van der Waals surface area contributed by atoms with Crippen molar-refractivity contribution in [3.63, 3.8) is 0 Å². The van der Waals surface area contributed by atoms with Crippen LogP contribution in [0.25, 0.3) is 0 Å². The molecule has 2 fully saturated rings. The van der Waals surface area contributed by atoms with Crippen LogP contribution in [0.5, 0.6) is 0 Å². The zero-order valence-electron chi connectivity index (χ0n) is 12.1. The molecule has 0 unspecified atom stereocenters. The highest BCUT2D eigenvalue weighted by atomic mass is 16.5. The maximum Gasteiger partial charge on any atom is 0.0804 e. The van der Waals surface area contributed by atoms with E-state index in [4.69, 9.17) is 10.5 Å². The Hall–Kier alpha value is -0.0800. The first-order valence-corrected chi connectivity index (χ1v) is 8.08. The number of hydrogen-bond donors (Lipinski definition) is 1. The third-order valence-corrected chi connectivity index (χ3v) is 5.22. The third kappa shape index (κ3) is 3.96. The number of ether oxygens (including phenoxy) is 1. The zero-order valence-corrected chi connectivity index (χ0v) is 12.1. The van der Waals surface area contributed by atoms with Gasteiger partial charge in [0.25, 0.3) is 0 Å². The second-order valence-electron chi connectivity index (χ2n) is 6.71. The van der Waals surface area contributed by atoms with Gasteiger partial charge in [0.05, 0.1) is 5.60 Å². The molecule has 0 aromatic rings. The standard InChI is InChI=1S/C16H31NO/c1-14-7-10-16(13-17,11-8-14)18-12-9-15-5-3-2-4-6-15/h14-15H,2-13,17H2,1H3. The molecule has 0 aromatic heterocycles. The Morgan fingerprint density at radius 3 is 2.33 bits per heavy atom. The monoisotopic (exact) mass is 253 g/mol. The summed E-state index contributed by atoms with van der Waals surface area (Å²) in [6, 6.07) is 0. The van der Waals surface area contributed by atoms with Crippen molar-refractivity contribution in [2.45, 2.75) is 76.7 Å². The number of nitrogens with two attached hydrogens (primary N) is 1. The van der Waals surface area contributed by atoms with Gasteiger partial charge in [0.1, 0.15) is 0 Å². The van der Waals surface area contributed by atoms with E-state index in [-0.39, 0.29) is 5.60 Å². The van der Waals surface area contributed by atoms with E-state index in [0.717, 1.165) is 18.4 Å². The van der Waals surface area contributed by atoms with Crippen LogP contribution < -0.4 is 5.73 Å². The molecule has 2 aliphatic rings. The molecule has 0 atom stereocenters. The topological polar surface area (TPSA) is 35.2 Å². The Bertz CT molecular complexity index is 227. The second kappa shape index (κ2) is 6.91. The number of hydrogen-bond acceptors (Lipinski definition) is 2. The lowest BCUT2D eigenvalue weighted by Gasteiger charge is -2.39. The lowest BCUT2D eigenvalue weighted by Crippen LogP contribution is -2.44. The molecule has 2 saturated carbocycles. The summed E-state index contributed by atoms with van der Waals surface area (Å²) < 4.78 is 6.25. The minimum atomic E-state index is 0.0289. The molecule has 0 radical (unpaired) electrons. The Balaban J connectivity index is 1.69. The molecule has 106 valence electrons. The van der Waals surface area contributed by atoms with E-state index in [1.165, 1.54) is 64.2 Å². The van der Waals surface area contributed by atoms with Crippen LogP contribution in [0.1, 0.15) is 71.1 Å². The van der Waals surface area contributed by atoms with Gasteiger partial charge >= 0.3 is 0 Å². The van der Waals surface area contributed by atoms with Gasteiger partial charge < -0.3 is 10.5 Å². The maximum absolute atomic E-state index is 6.25. The summed E-state index contributed by atoms with van der Waals surface area (Å²) in [5.41, 5.74) is 6.01. The molecular formula is C16H31NO. The zero-order chi connectivity index (χ0) is 12.8. The Morgan fingerprint density at radius 1 is 1.06 bits per heavy atom. The molecule has 18 heavy (non-hydrogen) atoms. The first-order chi connectivity index (χ1) is 8.74. The van der Waals surface area contributed by atoms with E-state index >= 15 is 0 Å². The van der Waals surface area contributed by atoms with Crippen molar-refractivity contribution in [2.24, 2.45) is 17.6 Å². The van der Waals surface area contributed by atoms with E-state index in [1.807, 2.05) is 0 Å². The van der Waals surface area contributed by atoms with E-state index in [0.29, 0.717) is 6.54 Å². The van der Waals surface area contributed by atoms with Crippen molar-refractivity contribution in [3.8, 4) is 0 Å². The van der Waals surface area contributed by atoms with Gasteiger partial charge in [-0.25, -0.2) is 0 Å². The Kier molecular flexibility index (Phi) is 5.50. The van der Waals surface area contributed by atoms with Crippen molar-refractivity contribution in [1.82, 2.24) is 0 Å². The quantitative estimate of drug-likeness (QED) is 0.807. The maximum atomic E-state index is 6.25. The molecule has 2 aliphatic carbocycles. The normalized spacial score (nSPS) is 34.7. The van der Waals surface area contributed by atoms with Crippen molar-refractivity contribution in [2.75, 3.05) is 13.2 Å². The lowest BCUT2D eigenvalue weighted by atomic mass is 9.79. The number of rotatable bonds is 5. The molecule has 2 nitrogen and oxygen atoms in total. The molecule has 2 N–H and O–H groups in total. The van der Waals surface area contributed by atoms with Gasteiger partial charge in [-0.2, -0.15) is 0 Å². The molecule has 0 heterocycles. The molecule has 0 aromatic carbocycles. The van der Waals surface area contributed by atoms with Crippen molar-refractivity contribution < 1.29 is 4.74 Å². The Labute approximate surface area is 113 Å². The average molecular weight is 253 g/mol. The smallest absolute Gasteiger partial charge is 0.0804 e. The molecule has 2 rings (SSSR count). The van der Waals surface area contributed by atoms with Crippen molar-refractivity contribution >= 4 is 0 Å². The lowest BCUT2D eigenvalue weighted by molar-refractivity contribution is -0.0747. The predicted molar refractivity (Wildman–Crippen MR) is 76.6 cm³/mol. The largest absolute Gasteiger partial charge is 0.374 e. The average Bonchev–Trinajstić information content (AvgIpc) is 2.43. The fourth-order valence-corrected chi connectivity index (χ4v) is 3.61. The summed E-state index contributed by atoms with van der Waals surface area (Å²) in [5, 5.41) is 0. The van der Waals surface area contributed by atoms with Gasteiger partial charge in [0, 0.05) is 13.2 Å². The summed E-state index contributed by atoms with van der Waals surface area (Å²) in [7, 11) is 0. The van der Waals surface area contributed by atoms with Gasteiger partial charge in [-0.15, -0.1) is 0 Å². The molecule has 0 saturated heterocycles. The molecule has 0 amide bonds. The highest BCUT2D eigenvalue weighted by molar-refractivity contribution is 4.87. The van der Waals surface area contributed by atoms with Crippen LogP contribution >= 0.6 is 0 Å². The van der Waals surface area contributed by atoms with E-state index in [9.17, 15) is 0 Å². The second-order valence-corrected chi connectivity index (χ2v) is 6.71. The summed E-state index contributed by atoms with van der Waals surface area (Å²) >= 11 is 0. The van der Waals surface area contributed by atoms with Crippen LogP contribution in [0.3, 0.4) is 0 Å². The molecule has 0 aliphatic heterocycles. The fraction of sp³-hybridized carbons (Fsp3) is 1.00. The van der Waals surface area contributed by atoms with E-state index in [2.05, 4.69) is 6.92 Å². The third-order valence-electron chi connectivity index (χ3n) is 5.22. The summed E-state index contributed by atoms with van der Waals surface area (Å²) in [4.78, 5) is 0. The predicted octanol–water partition coefficient (Wildman–Crippen LogP) is 3.88. The molecule has 0 bridgehead atoms. The van der Waals surface area contributed by atoms with E-state index in [1.54, 1.807) is 0 Å². The summed E-state index contributed by atoms with van der Waals surface area (Å²) in [6.45, 7) is 4.00. The first-order valence-electron chi connectivity index (χ1n) is 8.08. The Morgan fingerprint density at radius 2 is 1.72 bits per heavy atom. The van der Waals surface area contributed by atoms with Crippen LogP contribution in [0.15, 0.2) is 0 Å². The highest BCUT2D eigenvalue weighted by Gasteiger charge is 2.33. The van der Waals surface area contributed by atoms with Crippen LogP contribution in [0.4, 0.5) is 0 Å². The van der Waals surface area contributed by atoms with Crippen LogP contribution in [0, 0.1) is 11.8 Å². The first kappa shape index (κ1) is 14.3.